The quantitative estimate of drug-likeness (QED) is 0.750. The van der Waals surface area contributed by atoms with Gasteiger partial charge in [0.1, 0.15) is 0 Å². The van der Waals surface area contributed by atoms with Crippen LogP contribution in [0.2, 0.25) is 0 Å². The van der Waals surface area contributed by atoms with Gasteiger partial charge in [0.25, 0.3) is 0 Å². The van der Waals surface area contributed by atoms with Gasteiger partial charge in [0.2, 0.25) is 0 Å². The van der Waals surface area contributed by atoms with Crippen molar-refractivity contribution in [3.8, 4) is 0 Å². The van der Waals surface area contributed by atoms with E-state index in [0.29, 0.717) is 6.10 Å². The molecule has 0 aromatic carbocycles. The minimum atomic E-state index is 0.570. The first kappa shape index (κ1) is 12.4. The Morgan fingerprint density at radius 1 is 1.06 bits per heavy atom. The Morgan fingerprint density at radius 3 is 2.38 bits per heavy atom. The van der Waals surface area contributed by atoms with E-state index in [4.69, 9.17) is 4.74 Å². The average molecular weight is 225 g/mol. The van der Waals surface area contributed by atoms with Crippen LogP contribution < -0.4 is 5.32 Å². The zero-order valence-corrected chi connectivity index (χ0v) is 10.7. The molecule has 16 heavy (non-hydrogen) atoms. The SMILES string of the molecule is CCCNC1CCC(OCC2CCC2)CC1. The number of hydrogen-bond donors (Lipinski definition) is 1. The van der Waals surface area contributed by atoms with Crippen molar-refractivity contribution in [2.75, 3.05) is 13.2 Å². The Bertz CT molecular complexity index is 183. The lowest BCUT2D eigenvalue weighted by Gasteiger charge is -2.32. The molecular formula is C14H27NO. The second kappa shape index (κ2) is 6.61. The van der Waals surface area contributed by atoms with Crippen LogP contribution in [0.25, 0.3) is 0 Å². The van der Waals surface area contributed by atoms with Crippen LogP contribution in [0.1, 0.15) is 58.3 Å². The van der Waals surface area contributed by atoms with E-state index in [1.165, 1.54) is 57.9 Å². The van der Waals surface area contributed by atoms with Gasteiger partial charge in [-0.05, 0) is 57.4 Å². The fourth-order valence-corrected chi connectivity index (χ4v) is 2.71. The van der Waals surface area contributed by atoms with Crippen molar-refractivity contribution in [2.45, 2.75) is 70.4 Å². The van der Waals surface area contributed by atoms with Gasteiger partial charge < -0.3 is 10.1 Å². The lowest BCUT2D eigenvalue weighted by Crippen LogP contribution is -2.36. The van der Waals surface area contributed by atoms with Crippen LogP contribution in [-0.2, 0) is 4.74 Å². The average Bonchev–Trinajstić information content (AvgIpc) is 2.26. The number of hydrogen-bond acceptors (Lipinski definition) is 2. The molecule has 0 atom stereocenters. The topological polar surface area (TPSA) is 21.3 Å². The molecule has 0 heterocycles. The molecule has 0 spiro atoms. The molecule has 0 aliphatic heterocycles. The molecule has 2 fully saturated rings. The van der Waals surface area contributed by atoms with E-state index < -0.39 is 0 Å². The van der Waals surface area contributed by atoms with Crippen LogP contribution in [0.4, 0.5) is 0 Å². The molecule has 0 saturated heterocycles. The van der Waals surface area contributed by atoms with Gasteiger partial charge >= 0.3 is 0 Å². The van der Waals surface area contributed by atoms with E-state index in [1.807, 2.05) is 0 Å². The van der Waals surface area contributed by atoms with Crippen molar-refractivity contribution < 1.29 is 4.74 Å². The summed E-state index contributed by atoms with van der Waals surface area (Å²) in [6.45, 7) is 4.45. The summed E-state index contributed by atoms with van der Waals surface area (Å²) >= 11 is 0. The van der Waals surface area contributed by atoms with Gasteiger partial charge in [0.15, 0.2) is 0 Å². The van der Waals surface area contributed by atoms with Crippen molar-refractivity contribution in [2.24, 2.45) is 5.92 Å². The Labute approximate surface area is 100 Å². The lowest BCUT2D eigenvalue weighted by atomic mass is 9.86. The smallest absolute Gasteiger partial charge is 0.0576 e. The van der Waals surface area contributed by atoms with Crippen molar-refractivity contribution in [3.05, 3.63) is 0 Å². The van der Waals surface area contributed by atoms with Gasteiger partial charge in [-0.3, -0.25) is 0 Å². The lowest BCUT2D eigenvalue weighted by molar-refractivity contribution is -0.0114. The van der Waals surface area contributed by atoms with Crippen LogP contribution in [0, 0.1) is 5.92 Å². The molecule has 2 aliphatic rings. The van der Waals surface area contributed by atoms with E-state index in [9.17, 15) is 0 Å². The first-order chi connectivity index (χ1) is 7.88. The summed E-state index contributed by atoms with van der Waals surface area (Å²) < 4.78 is 6.01. The standard InChI is InChI=1S/C14H27NO/c1-2-10-15-13-6-8-14(9-7-13)16-11-12-4-3-5-12/h12-15H,2-11H2,1H3. The Hall–Kier alpha value is -0.0800. The van der Waals surface area contributed by atoms with E-state index in [1.54, 1.807) is 0 Å². The van der Waals surface area contributed by atoms with Crippen LogP contribution in [0.3, 0.4) is 0 Å². The van der Waals surface area contributed by atoms with Gasteiger partial charge in [-0.1, -0.05) is 13.3 Å². The van der Waals surface area contributed by atoms with Crippen LogP contribution in [0.5, 0.6) is 0 Å². The third kappa shape index (κ3) is 3.74. The second-order valence-corrected chi connectivity index (χ2v) is 5.56. The van der Waals surface area contributed by atoms with Gasteiger partial charge in [-0.15, -0.1) is 0 Å². The molecule has 2 aliphatic carbocycles. The summed E-state index contributed by atoms with van der Waals surface area (Å²) in [6, 6.07) is 0.767. The molecule has 2 nitrogen and oxygen atoms in total. The van der Waals surface area contributed by atoms with E-state index in [0.717, 1.165) is 18.6 Å². The predicted molar refractivity (Wildman–Crippen MR) is 67.6 cm³/mol. The predicted octanol–water partition coefficient (Wildman–Crippen LogP) is 3.11. The molecular weight excluding hydrogens is 198 g/mol. The van der Waals surface area contributed by atoms with Crippen molar-refractivity contribution in [1.29, 1.82) is 0 Å². The minimum Gasteiger partial charge on any atom is -0.378 e. The Morgan fingerprint density at radius 2 is 1.81 bits per heavy atom. The molecule has 0 amide bonds. The number of nitrogens with one attached hydrogen (secondary N) is 1. The first-order valence-electron chi connectivity index (χ1n) is 7.23. The molecule has 0 unspecified atom stereocenters. The maximum absolute atomic E-state index is 6.01. The summed E-state index contributed by atoms with van der Waals surface area (Å²) in [5.41, 5.74) is 0. The summed E-state index contributed by atoms with van der Waals surface area (Å²) in [5.74, 6) is 0.899. The Kier molecular flexibility index (Phi) is 5.11. The van der Waals surface area contributed by atoms with Gasteiger partial charge in [-0.25, -0.2) is 0 Å². The van der Waals surface area contributed by atoms with Crippen LogP contribution in [0.15, 0.2) is 0 Å². The molecule has 1 N–H and O–H groups in total. The summed E-state index contributed by atoms with van der Waals surface area (Å²) in [4.78, 5) is 0. The third-order valence-electron chi connectivity index (χ3n) is 4.15. The maximum Gasteiger partial charge on any atom is 0.0576 e. The normalized spacial score (nSPS) is 31.3. The Balaban J connectivity index is 1.53. The zero-order valence-electron chi connectivity index (χ0n) is 10.7. The van der Waals surface area contributed by atoms with Crippen molar-refractivity contribution in [3.63, 3.8) is 0 Å². The molecule has 0 aromatic rings. The fourth-order valence-electron chi connectivity index (χ4n) is 2.71. The van der Waals surface area contributed by atoms with Crippen molar-refractivity contribution in [1.82, 2.24) is 5.32 Å². The molecule has 2 heteroatoms. The molecule has 2 rings (SSSR count). The molecule has 0 aromatic heterocycles. The zero-order chi connectivity index (χ0) is 11.2. The number of ether oxygens (including phenoxy) is 1. The first-order valence-corrected chi connectivity index (χ1v) is 7.23. The van der Waals surface area contributed by atoms with Gasteiger partial charge in [0.05, 0.1) is 6.10 Å². The molecule has 2 saturated carbocycles. The fraction of sp³-hybridized carbons (Fsp3) is 1.00. The highest BCUT2D eigenvalue weighted by Gasteiger charge is 2.23. The second-order valence-electron chi connectivity index (χ2n) is 5.56. The summed E-state index contributed by atoms with van der Waals surface area (Å²) in [5, 5.41) is 3.62. The van der Waals surface area contributed by atoms with Gasteiger partial charge in [-0.2, -0.15) is 0 Å². The van der Waals surface area contributed by atoms with Crippen molar-refractivity contribution >= 4 is 0 Å². The van der Waals surface area contributed by atoms with E-state index in [2.05, 4.69) is 12.2 Å². The highest BCUT2D eigenvalue weighted by molar-refractivity contribution is 4.78. The molecule has 0 radical (unpaired) electrons. The third-order valence-corrected chi connectivity index (χ3v) is 4.15. The van der Waals surface area contributed by atoms with E-state index in [-0.39, 0.29) is 0 Å². The molecule has 94 valence electrons. The van der Waals surface area contributed by atoms with E-state index >= 15 is 0 Å². The minimum absolute atomic E-state index is 0.570. The summed E-state index contributed by atoms with van der Waals surface area (Å²) in [6.07, 6.45) is 11.2. The largest absolute Gasteiger partial charge is 0.378 e. The maximum atomic E-state index is 6.01. The monoisotopic (exact) mass is 225 g/mol. The van der Waals surface area contributed by atoms with Crippen LogP contribution in [-0.4, -0.2) is 25.3 Å². The van der Waals surface area contributed by atoms with Gasteiger partial charge in [0, 0.05) is 12.6 Å². The molecule has 0 bridgehead atoms. The highest BCUT2D eigenvalue weighted by Crippen LogP contribution is 2.28. The van der Waals surface area contributed by atoms with Crippen LogP contribution >= 0.6 is 0 Å². The highest BCUT2D eigenvalue weighted by atomic mass is 16.5. The summed E-state index contributed by atoms with van der Waals surface area (Å²) in [7, 11) is 0. The number of rotatable bonds is 6.